The van der Waals surface area contributed by atoms with Gasteiger partial charge in [0.05, 0.1) is 0 Å². The highest BCUT2D eigenvalue weighted by Crippen LogP contribution is 2.28. The Kier molecular flexibility index (Phi) is 4.12. The number of nitrogens with one attached hydrogen (secondary N) is 1. The summed E-state index contributed by atoms with van der Waals surface area (Å²) < 4.78 is 7.53. The molecule has 25 heavy (non-hydrogen) atoms. The molecule has 0 saturated heterocycles. The van der Waals surface area contributed by atoms with Crippen molar-refractivity contribution in [2.24, 2.45) is 5.92 Å². The fourth-order valence-electron chi connectivity index (χ4n) is 2.56. The van der Waals surface area contributed by atoms with Gasteiger partial charge < -0.3 is 10.1 Å². The molecule has 0 spiro atoms. The van der Waals surface area contributed by atoms with E-state index in [1.54, 1.807) is 41.5 Å². The van der Waals surface area contributed by atoms with E-state index in [1.807, 2.05) is 12.1 Å². The highest BCUT2D eigenvalue weighted by atomic mass is 16.5. The number of carbonyl (C=O) groups excluding carboxylic acids is 1. The van der Waals surface area contributed by atoms with E-state index >= 15 is 0 Å². The second-order valence-electron chi connectivity index (χ2n) is 5.93. The van der Waals surface area contributed by atoms with Crippen molar-refractivity contribution in [3.63, 3.8) is 0 Å². The molecule has 1 aliphatic carbocycles. The van der Waals surface area contributed by atoms with Gasteiger partial charge in [-0.2, -0.15) is 0 Å². The molecule has 1 amide bonds. The lowest BCUT2D eigenvalue weighted by atomic mass is 9.85. The molecule has 7 nitrogen and oxygen atoms in total. The molecule has 3 aromatic rings. The summed E-state index contributed by atoms with van der Waals surface area (Å²) in [4.78, 5) is 24.3. The minimum atomic E-state index is 0.0979. The second kappa shape index (κ2) is 6.72. The first-order valence-corrected chi connectivity index (χ1v) is 8.17. The molecule has 0 radical (unpaired) electrons. The number of hydrogen-bond acceptors (Lipinski definition) is 5. The maximum atomic E-state index is 12.0. The molecular weight excluding hydrogens is 318 g/mol. The lowest BCUT2D eigenvalue weighted by molar-refractivity contribution is -0.122. The molecular formula is C18H17N5O2. The van der Waals surface area contributed by atoms with E-state index in [-0.39, 0.29) is 11.8 Å². The summed E-state index contributed by atoms with van der Waals surface area (Å²) in [5.41, 5.74) is 0.769. The highest BCUT2D eigenvalue weighted by molar-refractivity contribution is 5.93. The normalized spacial score (nSPS) is 13.9. The second-order valence-corrected chi connectivity index (χ2v) is 5.93. The molecule has 1 N–H and O–H groups in total. The van der Waals surface area contributed by atoms with Crippen LogP contribution < -0.4 is 10.1 Å². The Bertz CT molecular complexity index is 857. The highest BCUT2D eigenvalue weighted by Gasteiger charge is 2.25. The third-order valence-corrected chi connectivity index (χ3v) is 4.22. The van der Waals surface area contributed by atoms with E-state index < -0.39 is 0 Å². The van der Waals surface area contributed by atoms with Crippen molar-refractivity contribution in [2.45, 2.75) is 19.3 Å². The molecule has 1 aliphatic rings. The molecule has 126 valence electrons. The number of nitrogens with zero attached hydrogens (tertiary/aromatic N) is 4. The molecule has 0 bridgehead atoms. The molecule has 4 rings (SSSR count). The van der Waals surface area contributed by atoms with E-state index in [0.29, 0.717) is 17.4 Å². The van der Waals surface area contributed by atoms with Gasteiger partial charge in [0, 0.05) is 30.1 Å². The summed E-state index contributed by atoms with van der Waals surface area (Å²) in [6.45, 7) is 0. The number of ether oxygens (including phenoxy) is 1. The van der Waals surface area contributed by atoms with Crippen molar-refractivity contribution in [2.75, 3.05) is 5.32 Å². The summed E-state index contributed by atoms with van der Waals surface area (Å²) in [5.74, 6) is 2.01. The molecule has 0 atom stereocenters. The third-order valence-electron chi connectivity index (χ3n) is 4.22. The summed E-state index contributed by atoms with van der Waals surface area (Å²) >= 11 is 0. The van der Waals surface area contributed by atoms with Crippen LogP contribution >= 0.6 is 0 Å². The first-order chi connectivity index (χ1) is 12.3. The van der Waals surface area contributed by atoms with Gasteiger partial charge in [0.2, 0.25) is 11.8 Å². The third kappa shape index (κ3) is 3.50. The Morgan fingerprint density at radius 2 is 2.04 bits per heavy atom. The summed E-state index contributed by atoms with van der Waals surface area (Å²) in [6, 6.07) is 8.98. The predicted octanol–water partition coefficient (Wildman–Crippen LogP) is 3.19. The van der Waals surface area contributed by atoms with Crippen molar-refractivity contribution in [1.29, 1.82) is 0 Å². The van der Waals surface area contributed by atoms with Gasteiger partial charge in [0.25, 0.3) is 0 Å². The lowest BCUT2D eigenvalue weighted by Crippen LogP contribution is -2.27. The van der Waals surface area contributed by atoms with E-state index in [1.165, 1.54) is 6.33 Å². The van der Waals surface area contributed by atoms with Gasteiger partial charge in [-0.1, -0.05) is 6.42 Å². The largest absolute Gasteiger partial charge is 0.439 e. The molecule has 7 heteroatoms. The maximum Gasteiger partial charge on any atom is 0.227 e. The van der Waals surface area contributed by atoms with Gasteiger partial charge in [0.15, 0.2) is 0 Å². The van der Waals surface area contributed by atoms with E-state index in [9.17, 15) is 4.79 Å². The first-order valence-electron chi connectivity index (χ1n) is 8.17. The van der Waals surface area contributed by atoms with Gasteiger partial charge in [-0.15, -0.1) is 0 Å². The van der Waals surface area contributed by atoms with Gasteiger partial charge in [-0.3, -0.25) is 9.36 Å². The van der Waals surface area contributed by atoms with Crippen LogP contribution in [0.2, 0.25) is 0 Å². The van der Waals surface area contributed by atoms with Gasteiger partial charge in [0.1, 0.15) is 24.2 Å². The number of amides is 1. The van der Waals surface area contributed by atoms with Crippen molar-refractivity contribution in [1.82, 2.24) is 19.5 Å². The number of aromatic nitrogens is 4. The van der Waals surface area contributed by atoms with Crippen LogP contribution in [0, 0.1) is 5.92 Å². The summed E-state index contributed by atoms with van der Waals surface area (Å²) in [6.07, 6.45) is 9.69. The van der Waals surface area contributed by atoms with E-state index in [4.69, 9.17) is 4.74 Å². The van der Waals surface area contributed by atoms with Crippen LogP contribution in [-0.2, 0) is 4.79 Å². The van der Waals surface area contributed by atoms with Crippen molar-refractivity contribution in [3.8, 4) is 17.4 Å². The van der Waals surface area contributed by atoms with Gasteiger partial charge in [-0.05, 0) is 37.1 Å². The molecule has 1 fully saturated rings. The van der Waals surface area contributed by atoms with Gasteiger partial charge in [-0.25, -0.2) is 15.0 Å². The van der Waals surface area contributed by atoms with Crippen LogP contribution in [0.5, 0.6) is 11.6 Å². The Morgan fingerprint density at radius 1 is 1.20 bits per heavy atom. The Labute approximate surface area is 144 Å². The average Bonchev–Trinajstić information content (AvgIpc) is 3.10. The fourth-order valence-corrected chi connectivity index (χ4v) is 2.56. The molecule has 1 aromatic carbocycles. The number of hydrogen-bond donors (Lipinski definition) is 1. The number of imidazole rings is 1. The topological polar surface area (TPSA) is 81.9 Å². The molecule has 2 heterocycles. The number of carbonyl (C=O) groups is 1. The van der Waals surface area contributed by atoms with E-state index in [0.717, 1.165) is 24.9 Å². The van der Waals surface area contributed by atoms with Gasteiger partial charge >= 0.3 is 0 Å². The zero-order valence-corrected chi connectivity index (χ0v) is 13.5. The molecule has 0 unspecified atom stereocenters. The number of benzene rings is 1. The minimum Gasteiger partial charge on any atom is -0.439 e. The fraction of sp³-hybridized carbons (Fsp3) is 0.222. The zero-order valence-electron chi connectivity index (χ0n) is 13.5. The van der Waals surface area contributed by atoms with Crippen LogP contribution in [0.15, 0.2) is 55.4 Å². The Balaban J connectivity index is 1.42. The van der Waals surface area contributed by atoms with Crippen molar-refractivity contribution in [3.05, 3.63) is 55.4 Å². The van der Waals surface area contributed by atoms with E-state index in [2.05, 4.69) is 20.3 Å². The molecule has 0 aliphatic heterocycles. The first kappa shape index (κ1) is 15.3. The summed E-state index contributed by atoms with van der Waals surface area (Å²) in [7, 11) is 0. The number of rotatable bonds is 5. The maximum absolute atomic E-state index is 12.0. The van der Waals surface area contributed by atoms with Crippen molar-refractivity contribution < 1.29 is 9.53 Å². The predicted molar refractivity (Wildman–Crippen MR) is 91.6 cm³/mol. The summed E-state index contributed by atoms with van der Waals surface area (Å²) in [5, 5.41) is 2.93. The average molecular weight is 335 g/mol. The molecule has 1 saturated carbocycles. The van der Waals surface area contributed by atoms with Crippen LogP contribution in [0.4, 0.5) is 5.69 Å². The Morgan fingerprint density at radius 3 is 2.72 bits per heavy atom. The standard InChI is InChI=1S/C18H17N5O2/c24-18(13-2-1-3-13)22-14-4-6-15(7-5-14)25-17-10-16(20-11-21-17)23-9-8-19-12-23/h4-13H,1-3H2,(H,22,24). The SMILES string of the molecule is O=C(Nc1ccc(Oc2cc(-n3ccnc3)ncn2)cc1)C1CCC1. The monoisotopic (exact) mass is 335 g/mol. The van der Waals surface area contributed by atoms with Crippen LogP contribution in [-0.4, -0.2) is 25.4 Å². The Hall–Kier alpha value is -3.22. The zero-order chi connectivity index (χ0) is 17.1. The smallest absolute Gasteiger partial charge is 0.227 e. The van der Waals surface area contributed by atoms with Crippen LogP contribution in [0.25, 0.3) is 5.82 Å². The van der Waals surface area contributed by atoms with Crippen molar-refractivity contribution >= 4 is 11.6 Å². The van der Waals surface area contributed by atoms with Crippen LogP contribution in [0.1, 0.15) is 19.3 Å². The molecule has 2 aromatic heterocycles. The quantitative estimate of drug-likeness (QED) is 0.774. The number of anilines is 1. The minimum absolute atomic E-state index is 0.0979. The van der Waals surface area contributed by atoms with Crippen LogP contribution in [0.3, 0.4) is 0 Å². The lowest BCUT2D eigenvalue weighted by Gasteiger charge is -2.24.